The fraction of sp³-hybridized carbons (Fsp3) is 0.286. The van der Waals surface area contributed by atoms with Gasteiger partial charge in [0, 0.05) is 12.4 Å². The largest absolute Gasteiger partial charge is 0.359 e. The molecule has 1 saturated heterocycles. The maximum absolute atomic E-state index is 6.33. The number of morpholine rings is 1. The van der Waals surface area contributed by atoms with Gasteiger partial charge in [-0.1, -0.05) is 35.3 Å². The third kappa shape index (κ3) is 2.96. The van der Waals surface area contributed by atoms with Gasteiger partial charge in [0.2, 0.25) is 5.95 Å². The summed E-state index contributed by atoms with van der Waals surface area (Å²) in [5.74, 6) is 0.595. The van der Waals surface area contributed by atoms with Crippen LogP contribution in [0.15, 0.2) is 36.7 Å². The van der Waals surface area contributed by atoms with Gasteiger partial charge in [0.15, 0.2) is 0 Å². The van der Waals surface area contributed by atoms with Gasteiger partial charge in [-0.25, -0.2) is 9.97 Å². The molecule has 1 fully saturated rings. The zero-order valence-electron chi connectivity index (χ0n) is 11.1. The first-order valence-corrected chi connectivity index (χ1v) is 7.27. The van der Waals surface area contributed by atoms with Gasteiger partial charge >= 0.3 is 0 Å². The van der Waals surface area contributed by atoms with Crippen molar-refractivity contribution in [1.29, 1.82) is 0 Å². The Labute approximate surface area is 132 Å². The smallest absolute Gasteiger partial charge is 0.225 e. The summed E-state index contributed by atoms with van der Waals surface area (Å²) in [5, 5.41) is 1.03. The van der Waals surface area contributed by atoms with Crippen molar-refractivity contribution in [3.63, 3.8) is 0 Å². The number of nitrogens with two attached hydrogens (primary N) is 1. The summed E-state index contributed by atoms with van der Waals surface area (Å²) in [6.45, 7) is 0.886. The molecular weight excluding hydrogens is 311 g/mol. The minimum atomic E-state index is -0.386. The molecule has 3 rings (SSSR count). The molecular formula is C14H14Cl2N4O. The van der Waals surface area contributed by atoms with E-state index in [9.17, 15) is 0 Å². The number of halogens is 2. The number of rotatable bonds is 2. The molecule has 110 valence electrons. The zero-order valence-corrected chi connectivity index (χ0v) is 12.6. The van der Waals surface area contributed by atoms with E-state index in [1.54, 1.807) is 24.5 Å². The van der Waals surface area contributed by atoms with Gasteiger partial charge in [0.25, 0.3) is 0 Å². The Hall–Kier alpha value is -1.40. The third-order valence-corrected chi connectivity index (χ3v) is 4.20. The average molecular weight is 325 g/mol. The van der Waals surface area contributed by atoms with Crippen molar-refractivity contribution in [2.24, 2.45) is 5.73 Å². The zero-order chi connectivity index (χ0) is 14.8. The second kappa shape index (κ2) is 6.15. The number of hydrogen-bond donors (Lipinski definition) is 1. The number of aromatic nitrogens is 2. The summed E-state index contributed by atoms with van der Waals surface area (Å²) in [5.41, 5.74) is 6.77. The molecule has 0 spiro atoms. The lowest BCUT2D eigenvalue weighted by atomic mass is 10.0. The SMILES string of the molecule is NC1CN(c2ncccn2)C(c2cccc(Cl)c2Cl)CO1. The molecule has 2 unspecified atom stereocenters. The predicted octanol–water partition coefficient (Wildman–Crippen LogP) is 2.65. The van der Waals surface area contributed by atoms with Crippen LogP contribution in [0.1, 0.15) is 11.6 Å². The molecule has 2 N–H and O–H groups in total. The molecule has 1 aliphatic heterocycles. The molecule has 0 bridgehead atoms. The van der Waals surface area contributed by atoms with Crippen molar-refractivity contribution in [3.8, 4) is 0 Å². The normalized spacial score (nSPS) is 22.3. The molecule has 0 amide bonds. The van der Waals surface area contributed by atoms with Crippen LogP contribution < -0.4 is 10.6 Å². The summed E-state index contributed by atoms with van der Waals surface area (Å²) >= 11 is 12.4. The van der Waals surface area contributed by atoms with Crippen LogP contribution in [0.5, 0.6) is 0 Å². The van der Waals surface area contributed by atoms with Crippen molar-refractivity contribution >= 4 is 29.2 Å². The lowest BCUT2D eigenvalue weighted by Gasteiger charge is -2.39. The minimum Gasteiger partial charge on any atom is -0.359 e. The molecule has 7 heteroatoms. The van der Waals surface area contributed by atoms with Gasteiger partial charge in [-0.05, 0) is 17.7 Å². The monoisotopic (exact) mass is 324 g/mol. The number of hydrogen-bond acceptors (Lipinski definition) is 5. The highest BCUT2D eigenvalue weighted by Gasteiger charge is 2.31. The molecule has 0 radical (unpaired) electrons. The third-order valence-electron chi connectivity index (χ3n) is 3.37. The van der Waals surface area contributed by atoms with Crippen LogP contribution >= 0.6 is 23.2 Å². The maximum atomic E-state index is 6.33. The average Bonchev–Trinajstić information content (AvgIpc) is 2.51. The van der Waals surface area contributed by atoms with Crippen LogP contribution in [0, 0.1) is 0 Å². The molecule has 0 aliphatic carbocycles. The Kier molecular flexibility index (Phi) is 4.26. The lowest BCUT2D eigenvalue weighted by Crippen LogP contribution is -2.49. The standard InChI is InChI=1S/C14H14Cl2N4O/c15-10-4-1-3-9(13(10)16)11-8-21-12(17)7-20(11)14-18-5-2-6-19-14/h1-6,11-12H,7-8,17H2. The van der Waals surface area contributed by atoms with E-state index < -0.39 is 0 Å². The quantitative estimate of drug-likeness (QED) is 0.920. The molecule has 1 aliphatic rings. The van der Waals surface area contributed by atoms with Crippen molar-refractivity contribution in [3.05, 3.63) is 52.3 Å². The van der Waals surface area contributed by atoms with E-state index in [1.165, 1.54) is 0 Å². The number of anilines is 1. The second-order valence-electron chi connectivity index (χ2n) is 4.73. The van der Waals surface area contributed by atoms with Crippen molar-refractivity contribution in [2.75, 3.05) is 18.1 Å². The Balaban J connectivity index is 2.00. The fourth-order valence-corrected chi connectivity index (χ4v) is 2.81. The maximum Gasteiger partial charge on any atom is 0.225 e. The van der Waals surface area contributed by atoms with Crippen LogP contribution in [-0.2, 0) is 4.74 Å². The molecule has 2 heterocycles. The van der Waals surface area contributed by atoms with E-state index in [-0.39, 0.29) is 12.3 Å². The molecule has 1 aromatic carbocycles. The summed E-state index contributed by atoms with van der Waals surface area (Å²) < 4.78 is 5.57. The first-order valence-electron chi connectivity index (χ1n) is 6.51. The molecule has 0 saturated carbocycles. The highest BCUT2D eigenvalue weighted by molar-refractivity contribution is 6.42. The lowest BCUT2D eigenvalue weighted by molar-refractivity contribution is 0.0222. The Bertz CT molecular complexity index is 626. The number of ether oxygens (including phenoxy) is 1. The van der Waals surface area contributed by atoms with Gasteiger partial charge in [-0.2, -0.15) is 0 Å². The number of benzene rings is 1. The van der Waals surface area contributed by atoms with Gasteiger partial charge in [0.1, 0.15) is 6.23 Å². The highest BCUT2D eigenvalue weighted by atomic mass is 35.5. The summed E-state index contributed by atoms with van der Waals surface area (Å²) in [7, 11) is 0. The fourth-order valence-electron chi connectivity index (χ4n) is 2.37. The Morgan fingerprint density at radius 2 is 1.95 bits per heavy atom. The summed E-state index contributed by atoms with van der Waals surface area (Å²) in [6, 6.07) is 7.19. The predicted molar refractivity (Wildman–Crippen MR) is 82.5 cm³/mol. The molecule has 21 heavy (non-hydrogen) atoms. The first kappa shape index (κ1) is 14.5. The first-order chi connectivity index (χ1) is 10.2. The van der Waals surface area contributed by atoms with Crippen molar-refractivity contribution in [1.82, 2.24) is 9.97 Å². The molecule has 5 nitrogen and oxygen atoms in total. The van der Waals surface area contributed by atoms with Crippen LogP contribution in [-0.4, -0.2) is 29.3 Å². The van der Waals surface area contributed by atoms with Crippen LogP contribution in [0.2, 0.25) is 10.0 Å². The Morgan fingerprint density at radius 3 is 2.71 bits per heavy atom. The molecule has 2 aromatic rings. The summed E-state index contributed by atoms with van der Waals surface area (Å²) in [4.78, 5) is 10.6. The highest BCUT2D eigenvalue weighted by Crippen LogP contribution is 2.35. The van der Waals surface area contributed by atoms with Gasteiger partial charge in [-0.15, -0.1) is 0 Å². The van der Waals surface area contributed by atoms with E-state index in [2.05, 4.69) is 9.97 Å². The number of nitrogens with zero attached hydrogens (tertiary/aromatic N) is 3. The van der Waals surface area contributed by atoms with E-state index in [0.717, 1.165) is 5.56 Å². The van der Waals surface area contributed by atoms with E-state index >= 15 is 0 Å². The van der Waals surface area contributed by atoms with E-state index in [0.29, 0.717) is 29.1 Å². The molecule has 2 atom stereocenters. The van der Waals surface area contributed by atoms with Crippen LogP contribution in [0.3, 0.4) is 0 Å². The van der Waals surface area contributed by atoms with Crippen LogP contribution in [0.25, 0.3) is 0 Å². The summed E-state index contributed by atoms with van der Waals surface area (Å²) in [6.07, 6.45) is 3.00. The van der Waals surface area contributed by atoms with Gasteiger partial charge in [0.05, 0.1) is 29.2 Å². The van der Waals surface area contributed by atoms with Crippen LogP contribution in [0.4, 0.5) is 5.95 Å². The Morgan fingerprint density at radius 1 is 1.19 bits per heavy atom. The second-order valence-corrected chi connectivity index (χ2v) is 5.52. The van der Waals surface area contributed by atoms with Crippen molar-refractivity contribution < 1.29 is 4.74 Å². The minimum absolute atomic E-state index is 0.126. The van der Waals surface area contributed by atoms with Gasteiger partial charge < -0.3 is 15.4 Å². The topological polar surface area (TPSA) is 64.3 Å². The van der Waals surface area contributed by atoms with Gasteiger partial charge in [-0.3, -0.25) is 0 Å². The van der Waals surface area contributed by atoms with E-state index in [4.69, 9.17) is 33.7 Å². The van der Waals surface area contributed by atoms with E-state index in [1.807, 2.05) is 17.0 Å². The molecule has 1 aromatic heterocycles. The van der Waals surface area contributed by atoms with Crippen molar-refractivity contribution in [2.45, 2.75) is 12.3 Å².